The van der Waals surface area contributed by atoms with Gasteiger partial charge in [-0.2, -0.15) is 5.26 Å². The number of carbonyl (C=O) groups is 1. The predicted octanol–water partition coefficient (Wildman–Crippen LogP) is 0.307. The van der Waals surface area contributed by atoms with Crippen LogP contribution < -0.4 is 0 Å². The molecule has 0 aliphatic carbocycles. The number of carboxylic acid groups (broad SMARTS) is 1. The van der Waals surface area contributed by atoms with Crippen molar-refractivity contribution in [2.75, 3.05) is 19.6 Å². The third kappa shape index (κ3) is 2.21. The van der Waals surface area contributed by atoms with Gasteiger partial charge in [0.25, 0.3) is 0 Å². The first-order chi connectivity index (χ1) is 5.74. The Bertz CT molecular complexity index is 210. The third-order valence-electron chi connectivity index (χ3n) is 2.15. The molecule has 0 unspecified atom stereocenters. The van der Waals surface area contributed by atoms with Crippen molar-refractivity contribution in [1.29, 1.82) is 5.26 Å². The molecule has 0 bridgehead atoms. The minimum atomic E-state index is -0.738. The number of nitrogens with zero attached hydrogens (tertiary/aromatic N) is 2. The molecule has 1 heterocycles. The summed E-state index contributed by atoms with van der Waals surface area (Å²) in [6.07, 6.45) is 1.63. The largest absolute Gasteiger partial charge is 0.481 e. The van der Waals surface area contributed by atoms with E-state index >= 15 is 0 Å². The highest BCUT2D eigenvalue weighted by molar-refractivity contribution is 5.70. The topological polar surface area (TPSA) is 64.3 Å². The Kier molecular flexibility index (Phi) is 3.06. The molecule has 1 N–H and O–H groups in total. The van der Waals surface area contributed by atoms with Gasteiger partial charge in [-0.05, 0) is 19.4 Å². The quantitative estimate of drug-likeness (QED) is 0.602. The summed E-state index contributed by atoms with van der Waals surface area (Å²) in [6.45, 7) is 1.74. The molecular formula is C8H12N2O2. The van der Waals surface area contributed by atoms with E-state index in [2.05, 4.69) is 0 Å². The third-order valence-corrected chi connectivity index (χ3v) is 2.15. The first-order valence-electron chi connectivity index (χ1n) is 4.06. The summed E-state index contributed by atoms with van der Waals surface area (Å²) in [5.41, 5.74) is 0. The van der Waals surface area contributed by atoms with E-state index in [-0.39, 0.29) is 5.92 Å². The Morgan fingerprint density at radius 2 is 2.50 bits per heavy atom. The Labute approximate surface area is 71.4 Å². The van der Waals surface area contributed by atoms with Gasteiger partial charge in [0.15, 0.2) is 0 Å². The van der Waals surface area contributed by atoms with Crippen LogP contribution in [0.15, 0.2) is 0 Å². The van der Waals surface area contributed by atoms with Gasteiger partial charge in [0.1, 0.15) is 0 Å². The smallest absolute Gasteiger partial charge is 0.307 e. The van der Waals surface area contributed by atoms with Crippen LogP contribution in [-0.2, 0) is 4.79 Å². The van der Waals surface area contributed by atoms with Crippen LogP contribution in [0.2, 0.25) is 0 Å². The maximum atomic E-state index is 10.6. The van der Waals surface area contributed by atoms with Crippen LogP contribution in [0.3, 0.4) is 0 Å². The lowest BCUT2D eigenvalue weighted by Gasteiger charge is -2.28. The average molecular weight is 168 g/mol. The van der Waals surface area contributed by atoms with Gasteiger partial charge >= 0.3 is 5.97 Å². The number of hydrogen-bond acceptors (Lipinski definition) is 3. The zero-order valence-electron chi connectivity index (χ0n) is 6.86. The number of hydrogen-bond donors (Lipinski definition) is 1. The summed E-state index contributed by atoms with van der Waals surface area (Å²) in [6, 6.07) is 2.03. The van der Waals surface area contributed by atoms with Gasteiger partial charge in [-0.1, -0.05) is 0 Å². The summed E-state index contributed by atoms with van der Waals surface area (Å²) in [4.78, 5) is 12.5. The number of likely N-dealkylation sites (tertiary alicyclic amines) is 1. The molecule has 1 aliphatic rings. The predicted molar refractivity (Wildman–Crippen MR) is 42.4 cm³/mol. The summed E-state index contributed by atoms with van der Waals surface area (Å²) in [5.74, 6) is -1.01. The lowest BCUT2D eigenvalue weighted by molar-refractivity contribution is -0.143. The molecule has 1 rings (SSSR count). The van der Waals surface area contributed by atoms with Crippen LogP contribution in [0.4, 0.5) is 0 Å². The van der Waals surface area contributed by atoms with Crippen LogP contribution >= 0.6 is 0 Å². The van der Waals surface area contributed by atoms with E-state index < -0.39 is 5.97 Å². The van der Waals surface area contributed by atoms with Crippen molar-refractivity contribution < 1.29 is 9.90 Å². The molecule has 4 nitrogen and oxygen atoms in total. The molecule has 1 aliphatic heterocycles. The van der Waals surface area contributed by atoms with E-state index in [9.17, 15) is 4.79 Å². The molecule has 0 aromatic rings. The van der Waals surface area contributed by atoms with E-state index in [0.717, 1.165) is 19.4 Å². The number of aliphatic carboxylic acids is 1. The van der Waals surface area contributed by atoms with Crippen molar-refractivity contribution >= 4 is 5.97 Å². The van der Waals surface area contributed by atoms with Crippen molar-refractivity contribution in [2.45, 2.75) is 12.8 Å². The molecule has 1 saturated heterocycles. The standard InChI is InChI=1S/C8H12N2O2/c9-3-5-10-4-1-2-7(6-10)8(11)12/h7H,1-2,4-6H2,(H,11,12)/t7-/m0/s1. The SMILES string of the molecule is N#CCN1CCC[C@H](C(=O)O)C1. The second-order valence-corrected chi connectivity index (χ2v) is 3.07. The lowest BCUT2D eigenvalue weighted by atomic mass is 9.98. The highest BCUT2D eigenvalue weighted by atomic mass is 16.4. The fourth-order valence-corrected chi connectivity index (χ4v) is 1.50. The maximum absolute atomic E-state index is 10.6. The van der Waals surface area contributed by atoms with Gasteiger partial charge in [-0.25, -0.2) is 0 Å². The van der Waals surface area contributed by atoms with Crippen LogP contribution in [0, 0.1) is 17.2 Å². The Balaban J connectivity index is 2.41. The molecule has 0 amide bonds. The first kappa shape index (κ1) is 9.01. The van der Waals surface area contributed by atoms with E-state index in [1.54, 1.807) is 0 Å². The molecule has 1 atom stereocenters. The van der Waals surface area contributed by atoms with Gasteiger partial charge in [-0.3, -0.25) is 9.69 Å². The number of piperidine rings is 1. The molecule has 4 heteroatoms. The maximum Gasteiger partial charge on any atom is 0.307 e. The van der Waals surface area contributed by atoms with Gasteiger partial charge in [0.05, 0.1) is 18.5 Å². The summed E-state index contributed by atoms with van der Waals surface area (Å²) < 4.78 is 0. The van der Waals surface area contributed by atoms with Crippen molar-refractivity contribution in [1.82, 2.24) is 4.90 Å². The Morgan fingerprint density at radius 3 is 3.08 bits per heavy atom. The highest BCUT2D eigenvalue weighted by Gasteiger charge is 2.24. The van der Waals surface area contributed by atoms with Crippen molar-refractivity contribution in [3.05, 3.63) is 0 Å². The van der Waals surface area contributed by atoms with Crippen molar-refractivity contribution in [3.63, 3.8) is 0 Å². The van der Waals surface area contributed by atoms with Crippen LogP contribution in [-0.4, -0.2) is 35.6 Å². The molecule has 0 spiro atoms. The summed E-state index contributed by atoms with van der Waals surface area (Å²) in [5, 5.41) is 17.1. The van der Waals surface area contributed by atoms with Gasteiger partial charge < -0.3 is 5.11 Å². The molecule has 0 aromatic carbocycles. The van der Waals surface area contributed by atoms with Gasteiger partial charge in [0.2, 0.25) is 0 Å². The minimum absolute atomic E-state index is 0.271. The van der Waals surface area contributed by atoms with Crippen LogP contribution in [0.1, 0.15) is 12.8 Å². The van der Waals surface area contributed by atoms with Gasteiger partial charge in [0, 0.05) is 6.54 Å². The Hall–Kier alpha value is -1.08. The number of rotatable bonds is 2. The normalized spacial score (nSPS) is 24.8. The zero-order chi connectivity index (χ0) is 8.97. The molecular weight excluding hydrogens is 156 g/mol. The molecule has 0 aromatic heterocycles. The molecule has 1 fully saturated rings. The summed E-state index contributed by atoms with van der Waals surface area (Å²) >= 11 is 0. The zero-order valence-corrected chi connectivity index (χ0v) is 6.86. The highest BCUT2D eigenvalue weighted by Crippen LogP contribution is 2.15. The molecule has 66 valence electrons. The lowest BCUT2D eigenvalue weighted by Crippen LogP contribution is -2.38. The number of nitriles is 1. The fourth-order valence-electron chi connectivity index (χ4n) is 1.50. The fraction of sp³-hybridized carbons (Fsp3) is 0.750. The van der Waals surface area contributed by atoms with E-state index in [0.29, 0.717) is 13.1 Å². The second-order valence-electron chi connectivity index (χ2n) is 3.07. The summed E-state index contributed by atoms with van der Waals surface area (Å²) in [7, 11) is 0. The second kappa shape index (κ2) is 4.07. The molecule has 12 heavy (non-hydrogen) atoms. The molecule has 0 radical (unpaired) electrons. The first-order valence-corrected chi connectivity index (χ1v) is 4.06. The van der Waals surface area contributed by atoms with E-state index in [4.69, 9.17) is 10.4 Å². The van der Waals surface area contributed by atoms with Gasteiger partial charge in [-0.15, -0.1) is 0 Å². The van der Waals surface area contributed by atoms with Crippen molar-refractivity contribution in [2.24, 2.45) is 5.92 Å². The van der Waals surface area contributed by atoms with Crippen LogP contribution in [0.5, 0.6) is 0 Å². The molecule has 0 saturated carbocycles. The average Bonchev–Trinajstić information content (AvgIpc) is 2.05. The van der Waals surface area contributed by atoms with Crippen LogP contribution in [0.25, 0.3) is 0 Å². The van der Waals surface area contributed by atoms with E-state index in [1.807, 2.05) is 11.0 Å². The minimum Gasteiger partial charge on any atom is -0.481 e. The van der Waals surface area contributed by atoms with Crippen molar-refractivity contribution in [3.8, 4) is 6.07 Å². The monoisotopic (exact) mass is 168 g/mol. The number of carboxylic acids is 1. The van der Waals surface area contributed by atoms with E-state index in [1.165, 1.54) is 0 Å². The Morgan fingerprint density at radius 1 is 1.75 bits per heavy atom.